The number of benzene rings is 2. The van der Waals surface area contributed by atoms with Crippen molar-refractivity contribution in [1.82, 2.24) is 15.0 Å². The molecule has 0 fully saturated rings. The average Bonchev–Trinajstić information content (AvgIpc) is 2.76. The van der Waals surface area contributed by atoms with Crippen LogP contribution in [0.4, 0.5) is 13.2 Å². The average molecular weight is 492 g/mol. The molecule has 0 aliphatic rings. The highest BCUT2D eigenvalue weighted by Gasteiger charge is 2.24. The van der Waals surface area contributed by atoms with Gasteiger partial charge in [0.2, 0.25) is 0 Å². The van der Waals surface area contributed by atoms with Crippen molar-refractivity contribution in [2.24, 2.45) is 0 Å². The fourth-order valence-corrected chi connectivity index (χ4v) is 5.54. The standard InChI is InChI=1S/C23H17ClF3N3O2S/c1-3-14-21(26)16(8-13-10-28-23(27)30-22(13)14)15-9-18(25)19(29-12(15)2)11-33(31,32)20-7-5-4-6-17(20)24/h4-10H,3,11H2,1-2H3. The van der Waals surface area contributed by atoms with Gasteiger partial charge in [-0.15, -0.1) is 0 Å². The van der Waals surface area contributed by atoms with Gasteiger partial charge in [-0.1, -0.05) is 30.7 Å². The Bertz CT molecular complexity index is 1510. The largest absolute Gasteiger partial charge is 0.309 e. The van der Waals surface area contributed by atoms with Crippen molar-refractivity contribution in [3.63, 3.8) is 0 Å². The fourth-order valence-electron chi connectivity index (χ4n) is 3.68. The summed E-state index contributed by atoms with van der Waals surface area (Å²) in [6.45, 7) is 3.22. The lowest BCUT2D eigenvalue weighted by Gasteiger charge is -2.14. The molecule has 0 amide bonds. The first-order chi connectivity index (χ1) is 15.6. The minimum atomic E-state index is -3.97. The van der Waals surface area contributed by atoms with Gasteiger partial charge in [-0.25, -0.2) is 27.2 Å². The first kappa shape index (κ1) is 23.1. The van der Waals surface area contributed by atoms with Crippen LogP contribution in [0.5, 0.6) is 0 Å². The van der Waals surface area contributed by atoms with Crippen LogP contribution in [-0.2, 0) is 22.0 Å². The van der Waals surface area contributed by atoms with Crippen molar-refractivity contribution >= 4 is 32.3 Å². The molecule has 2 aromatic carbocycles. The molecule has 0 saturated carbocycles. The van der Waals surface area contributed by atoms with E-state index >= 15 is 4.39 Å². The number of sulfone groups is 1. The zero-order valence-corrected chi connectivity index (χ0v) is 19.1. The molecule has 0 unspecified atom stereocenters. The Balaban J connectivity index is 1.82. The summed E-state index contributed by atoms with van der Waals surface area (Å²) in [6.07, 6.45) is 0.469. The zero-order valence-electron chi connectivity index (χ0n) is 17.5. The van der Waals surface area contributed by atoms with Gasteiger partial charge in [-0.2, -0.15) is 4.39 Å². The van der Waals surface area contributed by atoms with E-state index in [-0.39, 0.29) is 49.9 Å². The number of aromatic nitrogens is 3. The molecule has 170 valence electrons. The molecule has 0 atom stereocenters. The van der Waals surface area contributed by atoms with Crippen molar-refractivity contribution in [3.8, 4) is 11.1 Å². The van der Waals surface area contributed by atoms with E-state index in [0.717, 1.165) is 6.07 Å². The molecule has 0 radical (unpaired) electrons. The second-order valence-corrected chi connectivity index (χ2v) is 9.75. The summed E-state index contributed by atoms with van der Waals surface area (Å²) >= 11 is 5.99. The van der Waals surface area contributed by atoms with Crippen LogP contribution in [0.1, 0.15) is 23.9 Å². The van der Waals surface area contributed by atoms with E-state index in [2.05, 4.69) is 15.0 Å². The molecule has 33 heavy (non-hydrogen) atoms. The molecular formula is C23H17ClF3N3O2S. The summed E-state index contributed by atoms with van der Waals surface area (Å²) in [5, 5.41) is 0.407. The van der Waals surface area contributed by atoms with Crippen LogP contribution in [0, 0.1) is 24.6 Å². The molecule has 4 rings (SSSR count). The predicted octanol–water partition coefficient (Wildman–Crippen LogP) is 5.61. The lowest BCUT2D eigenvalue weighted by molar-refractivity contribution is 0.543. The smallest absolute Gasteiger partial charge is 0.253 e. The maximum absolute atomic E-state index is 15.3. The van der Waals surface area contributed by atoms with Crippen LogP contribution in [0.15, 0.2) is 47.5 Å². The van der Waals surface area contributed by atoms with Gasteiger partial charge in [0, 0.05) is 34.0 Å². The van der Waals surface area contributed by atoms with Crippen molar-refractivity contribution in [2.45, 2.75) is 30.9 Å². The third-order valence-electron chi connectivity index (χ3n) is 5.26. The maximum atomic E-state index is 15.3. The van der Waals surface area contributed by atoms with Crippen LogP contribution in [-0.4, -0.2) is 23.4 Å². The van der Waals surface area contributed by atoms with E-state index in [4.69, 9.17) is 11.6 Å². The molecule has 10 heteroatoms. The molecule has 0 spiro atoms. The molecule has 0 saturated heterocycles. The van der Waals surface area contributed by atoms with Crippen molar-refractivity contribution in [1.29, 1.82) is 0 Å². The number of hydrogen-bond donors (Lipinski definition) is 0. The van der Waals surface area contributed by atoms with Crippen LogP contribution in [0.3, 0.4) is 0 Å². The molecule has 2 aromatic heterocycles. The molecule has 0 N–H and O–H groups in total. The van der Waals surface area contributed by atoms with Gasteiger partial charge in [0.1, 0.15) is 17.4 Å². The molecule has 4 aromatic rings. The Kier molecular flexibility index (Phi) is 6.11. The molecule has 2 heterocycles. The highest BCUT2D eigenvalue weighted by Crippen LogP contribution is 2.34. The fraction of sp³-hybridized carbons (Fsp3) is 0.174. The first-order valence-electron chi connectivity index (χ1n) is 9.89. The highest BCUT2D eigenvalue weighted by atomic mass is 35.5. The number of nitrogens with zero attached hydrogens (tertiary/aromatic N) is 3. The first-order valence-corrected chi connectivity index (χ1v) is 11.9. The van der Waals surface area contributed by atoms with Crippen LogP contribution < -0.4 is 0 Å². The van der Waals surface area contributed by atoms with Crippen molar-refractivity contribution < 1.29 is 21.6 Å². The van der Waals surface area contributed by atoms with Gasteiger partial charge >= 0.3 is 6.08 Å². The number of pyridine rings is 1. The lowest BCUT2D eigenvalue weighted by atomic mass is 9.96. The van der Waals surface area contributed by atoms with Crippen LogP contribution in [0.25, 0.3) is 22.0 Å². The van der Waals surface area contributed by atoms with Crippen LogP contribution in [0.2, 0.25) is 5.02 Å². The third-order valence-corrected chi connectivity index (χ3v) is 7.38. The number of halogens is 4. The van der Waals surface area contributed by atoms with Gasteiger partial charge in [0.15, 0.2) is 9.84 Å². The summed E-state index contributed by atoms with van der Waals surface area (Å²) in [7, 11) is -3.97. The summed E-state index contributed by atoms with van der Waals surface area (Å²) in [5.74, 6) is -2.29. The van der Waals surface area contributed by atoms with Gasteiger partial charge in [0.05, 0.1) is 21.1 Å². The topological polar surface area (TPSA) is 72.8 Å². The predicted molar refractivity (Wildman–Crippen MR) is 119 cm³/mol. The maximum Gasteiger partial charge on any atom is 0.309 e. The third kappa shape index (κ3) is 4.30. The molecular weight excluding hydrogens is 475 g/mol. The van der Waals surface area contributed by atoms with E-state index < -0.39 is 33.3 Å². The Labute approximate surface area is 193 Å². The minimum Gasteiger partial charge on any atom is -0.253 e. The van der Waals surface area contributed by atoms with E-state index in [1.54, 1.807) is 13.0 Å². The second kappa shape index (κ2) is 8.72. The summed E-state index contributed by atoms with van der Waals surface area (Å²) in [6, 6.07) is 8.30. The second-order valence-electron chi connectivity index (χ2n) is 7.39. The minimum absolute atomic E-state index is 0.0234. The Hall–Kier alpha value is -3.04. The van der Waals surface area contributed by atoms with Gasteiger partial charge in [0.25, 0.3) is 0 Å². The van der Waals surface area contributed by atoms with E-state index in [1.807, 2.05) is 0 Å². The molecule has 0 aliphatic heterocycles. The molecule has 0 aliphatic carbocycles. The number of hydrogen-bond acceptors (Lipinski definition) is 5. The van der Waals surface area contributed by atoms with E-state index in [9.17, 15) is 17.2 Å². The molecule has 5 nitrogen and oxygen atoms in total. The Morgan fingerprint density at radius 1 is 1.03 bits per heavy atom. The van der Waals surface area contributed by atoms with Crippen LogP contribution >= 0.6 is 11.6 Å². The normalized spacial score (nSPS) is 11.8. The zero-order chi connectivity index (χ0) is 23.9. The van der Waals surface area contributed by atoms with Gasteiger partial charge in [-0.05, 0) is 37.6 Å². The number of rotatable bonds is 5. The van der Waals surface area contributed by atoms with E-state index in [0.29, 0.717) is 5.39 Å². The SMILES string of the molecule is CCc1c(F)c(-c2cc(F)c(CS(=O)(=O)c3ccccc3Cl)nc2C)cc2cnc(F)nc12. The quantitative estimate of drug-likeness (QED) is 0.339. The van der Waals surface area contributed by atoms with E-state index in [1.165, 1.54) is 37.4 Å². The van der Waals surface area contributed by atoms with Crippen molar-refractivity contribution in [2.75, 3.05) is 0 Å². The van der Waals surface area contributed by atoms with Gasteiger partial charge in [-0.3, -0.25) is 4.98 Å². The number of aryl methyl sites for hydroxylation is 2. The summed E-state index contributed by atoms with van der Waals surface area (Å²) < 4.78 is 69.3. The van der Waals surface area contributed by atoms with Gasteiger partial charge < -0.3 is 0 Å². The summed E-state index contributed by atoms with van der Waals surface area (Å²) in [5.41, 5.74) is 0.403. The van der Waals surface area contributed by atoms with Crippen molar-refractivity contribution in [3.05, 3.63) is 82.3 Å². The summed E-state index contributed by atoms with van der Waals surface area (Å²) in [4.78, 5) is 11.2. The number of fused-ring (bicyclic) bond motifs is 1. The Morgan fingerprint density at radius 3 is 2.45 bits per heavy atom. The lowest BCUT2D eigenvalue weighted by Crippen LogP contribution is -2.10. The highest BCUT2D eigenvalue weighted by molar-refractivity contribution is 7.90. The Morgan fingerprint density at radius 2 is 1.76 bits per heavy atom. The monoisotopic (exact) mass is 491 g/mol. The molecule has 0 bridgehead atoms.